The third-order valence-corrected chi connectivity index (χ3v) is 5.49. The second kappa shape index (κ2) is 5.99. The average molecular weight is 299 g/mol. The Kier molecular flexibility index (Phi) is 4.52. The number of sulfonamides is 1. The molecule has 7 heteroatoms. The van der Waals surface area contributed by atoms with E-state index in [0.29, 0.717) is 18.8 Å². The lowest BCUT2D eigenvalue weighted by molar-refractivity contribution is 0.347. The molecule has 0 spiro atoms. The van der Waals surface area contributed by atoms with Crippen LogP contribution < -0.4 is 10.5 Å². The first-order chi connectivity index (χ1) is 9.45. The van der Waals surface area contributed by atoms with E-state index in [1.165, 1.54) is 23.5 Å². The maximum Gasteiger partial charge on any atom is 0.245 e. The van der Waals surface area contributed by atoms with Gasteiger partial charge in [0, 0.05) is 25.7 Å². The molecule has 1 aliphatic rings. The van der Waals surface area contributed by atoms with Gasteiger partial charge in [0.1, 0.15) is 10.6 Å². The number of ether oxygens (including phenoxy) is 1. The van der Waals surface area contributed by atoms with Crippen LogP contribution >= 0.6 is 0 Å². The lowest BCUT2D eigenvalue weighted by atomic mass is 10.3. The molecule has 1 saturated heterocycles. The molecule has 0 aromatic heterocycles. The second-order valence-electron chi connectivity index (χ2n) is 4.96. The van der Waals surface area contributed by atoms with Crippen molar-refractivity contribution in [3.63, 3.8) is 0 Å². The molecule has 1 aromatic rings. The lowest BCUT2D eigenvalue weighted by Crippen LogP contribution is -2.34. The molecule has 2 N–H and O–H groups in total. The number of benzene rings is 1. The molecule has 0 atom stereocenters. The van der Waals surface area contributed by atoms with E-state index in [9.17, 15) is 8.42 Å². The summed E-state index contributed by atoms with van der Waals surface area (Å²) in [6, 6.07) is 4.67. The van der Waals surface area contributed by atoms with E-state index in [2.05, 4.69) is 4.90 Å². The maximum atomic E-state index is 12.7. The Hall–Kier alpha value is -1.31. The zero-order chi connectivity index (χ0) is 14.8. The smallest absolute Gasteiger partial charge is 0.245 e. The molecular weight excluding hydrogens is 278 g/mol. The summed E-state index contributed by atoms with van der Waals surface area (Å²) in [6.45, 7) is 2.65. The fourth-order valence-electron chi connectivity index (χ4n) is 2.29. The fraction of sp³-hybridized carbons (Fsp3) is 0.538. The van der Waals surface area contributed by atoms with Crippen LogP contribution in [0.25, 0.3) is 0 Å². The molecule has 20 heavy (non-hydrogen) atoms. The van der Waals surface area contributed by atoms with Crippen LogP contribution in [-0.4, -0.2) is 58.0 Å². The number of anilines is 1. The van der Waals surface area contributed by atoms with Crippen molar-refractivity contribution in [2.75, 3.05) is 46.1 Å². The van der Waals surface area contributed by atoms with Gasteiger partial charge in [-0.2, -0.15) is 4.31 Å². The highest BCUT2D eigenvalue weighted by Crippen LogP contribution is 2.27. The van der Waals surface area contributed by atoms with Crippen LogP contribution in [0.4, 0.5) is 5.69 Å². The van der Waals surface area contributed by atoms with Gasteiger partial charge in [-0.15, -0.1) is 0 Å². The highest BCUT2D eigenvalue weighted by Gasteiger charge is 2.27. The number of hydrogen-bond acceptors (Lipinski definition) is 5. The Labute approximate surface area is 120 Å². The van der Waals surface area contributed by atoms with Crippen LogP contribution in [0.5, 0.6) is 5.75 Å². The maximum absolute atomic E-state index is 12.7. The van der Waals surface area contributed by atoms with E-state index in [4.69, 9.17) is 10.5 Å². The summed E-state index contributed by atoms with van der Waals surface area (Å²) in [7, 11) is -0.0190. The number of rotatable bonds is 3. The summed E-state index contributed by atoms with van der Waals surface area (Å²) in [4.78, 5) is 2.29. The highest BCUT2D eigenvalue weighted by molar-refractivity contribution is 7.89. The highest BCUT2D eigenvalue weighted by atomic mass is 32.2. The van der Waals surface area contributed by atoms with Crippen molar-refractivity contribution < 1.29 is 13.2 Å². The second-order valence-corrected chi connectivity index (χ2v) is 6.87. The number of nitrogen functional groups attached to an aromatic ring is 1. The summed E-state index contributed by atoms with van der Waals surface area (Å²) in [6.07, 6.45) is 0.825. The minimum atomic E-state index is -3.54. The predicted octanol–water partition coefficient (Wildman–Crippen LogP) is 0.604. The minimum Gasteiger partial charge on any atom is -0.497 e. The molecule has 0 aliphatic carbocycles. The summed E-state index contributed by atoms with van der Waals surface area (Å²) in [5.41, 5.74) is 6.08. The number of nitrogens with zero attached hydrogens (tertiary/aromatic N) is 2. The van der Waals surface area contributed by atoms with Crippen LogP contribution in [0, 0.1) is 0 Å². The summed E-state index contributed by atoms with van der Waals surface area (Å²) in [5, 5.41) is 0. The standard InChI is InChI=1S/C13H21N3O3S/c1-15-6-3-7-16(9-8-15)20(17,18)13-5-4-11(19-2)10-12(13)14/h4-5,10H,3,6-9,14H2,1-2H3. The van der Waals surface area contributed by atoms with E-state index in [0.717, 1.165) is 19.5 Å². The van der Waals surface area contributed by atoms with E-state index < -0.39 is 10.0 Å². The van der Waals surface area contributed by atoms with Crippen LogP contribution in [0.1, 0.15) is 6.42 Å². The third-order valence-electron chi connectivity index (χ3n) is 3.51. The Morgan fingerprint density at radius 1 is 1.20 bits per heavy atom. The van der Waals surface area contributed by atoms with Gasteiger partial charge in [0.05, 0.1) is 12.8 Å². The Morgan fingerprint density at radius 3 is 2.60 bits per heavy atom. The molecule has 0 saturated carbocycles. The van der Waals surface area contributed by atoms with Crippen molar-refractivity contribution in [3.05, 3.63) is 18.2 Å². The number of methoxy groups -OCH3 is 1. The van der Waals surface area contributed by atoms with Gasteiger partial charge in [0.25, 0.3) is 0 Å². The Bertz CT molecular complexity index is 574. The SMILES string of the molecule is COc1ccc(S(=O)(=O)N2CCCN(C)CC2)c(N)c1. The van der Waals surface area contributed by atoms with E-state index >= 15 is 0 Å². The van der Waals surface area contributed by atoms with Gasteiger partial charge >= 0.3 is 0 Å². The molecule has 1 fully saturated rings. The molecule has 6 nitrogen and oxygen atoms in total. The molecule has 1 heterocycles. The number of nitrogens with two attached hydrogens (primary N) is 1. The van der Waals surface area contributed by atoms with Gasteiger partial charge in [0.2, 0.25) is 10.0 Å². The van der Waals surface area contributed by atoms with Crippen molar-refractivity contribution in [3.8, 4) is 5.75 Å². The average Bonchev–Trinajstić information content (AvgIpc) is 2.63. The van der Waals surface area contributed by atoms with Crippen LogP contribution in [0.15, 0.2) is 23.1 Å². The normalized spacial score (nSPS) is 18.7. The largest absolute Gasteiger partial charge is 0.497 e. The van der Waals surface area contributed by atoms with E-state index in [1.54, 1.807) is 6.07 Å². The van der Waals surface area contributed by atoms with Crippen LogP contribution in [0.2, 0.25) is 0 Å². The molecule has 2 rings (SSSR count). The first kappa shape index (κ1) is 15.1. The third kappa shape index (κ3) is 3.05. The van der Waals surface area contributed by atoms with Gasteiger partial charge < -0.3 is 15.4 Å². The summed E-state index contributed by atoms with van der Waals surface area (Å²) >= 11 is 0. The van der Waals surface area contributed by atoms with Crippen molar-refractivity contribution in [2.24, 2.45) is 0 Å². The number of likely N-dealkylation sites (N-methyl/N-ethyl adjacent to an activating group) is 1. The van der Waals surface area contributed by atoms with Gasteiger partial charge in [-0.3, -0.25) is 0 Å². The van der Waals surface area contributed by atoms with Crippen molar-refractivity contribution in [2.45, 2.75) is 11.3 Å². The van der Waals surface area contributed by atoms with Gasteiger partial charge in [-0.1, -0.05) is 0 Å². The predicted molar refractivity (Wildman–Crippen MR) is 78.3 cm³/mol. The lowest BCUT2D eigenvalue weighted by Gasteiger charge is -2.21. The quantitative estimate of drug-likeness (QED) is 0.827. The van der Waals surface area contributed by atoms with Crippen LogP contribution in [-0.2, 0) is 10.0 Å². The van der Waals surface area contributed by atoms with E-state index in [1.807, 2.05) is 7.05 Å². The summed E-state index contributed by atoms with van der Waals surface area (Å²) < 4.78 is 31.9. The molecule has 112 valence electrons. The first-order valence-electron chi connectivity index (χ1n) is 6.57. The topological polar surface area (TPSA) is 75.9 Å². The van der Waals surface area contributed by atoms with Crippen molar-refractivity contribution >= 4 is 15.7 Å². The molecule has 0 unspecified atom stereocenters. The van der Waals surface area contributed by atoms with Gasteiger partial charge in [0.15, 0.2) is 0 Å². The molecule has 0 amide bonds. The molecular formula is C13H21N3O3S. The van der Waals surface area contributed by atoms with Crippen LogP contribution in [0.3, 0.4) is 0 Å². The van der Waals surface area contributed by atoms with Gasteiger partial charge in [-0.05, 0) is 32.1 Å². The van der Waals surface area contributed by atoms with Crippen molar-refractivity contribution in [1.82, 2.24) is 9.21 Å². The fourth-order valence-corrected chi connectivity index (χ4v) is 3.86. The molecule has 1 aromatic carbocycles. The zero-order valence-electron chi connectivity index (χ0n) is 11.9. The molecule has 0 bridgehead atoms. The minimum absolute atomic E-state index is 0.155. The monoisotopic (exact) mass is 299 g/mol. The van der Waals surface area contributed by atoms with Crippen molar-refractivity contribution in [1.29, 1.82) is 0 Å². The number of hydrogen-bond donors (Lipinski definition) is 1. The first-order valence-corrected chi connectivity index (χ1v) is 8.01. The summed E-state index contributed by atoms with van der Waals surface area (Å²) in [5.74, 6) is 0.553. The zero-order valence-corrected chi connectivity index (χ0v) is 12.7. The Balaban J connectivity index is 2.30. The van der Waals surface area contributed by atoms with E-state index in [-0.39, 0.29) is 10.6 Å². The van der Waals surface area contributed by atoms with Gasteiger partial charge in [-0.25, -0.2) is 8.42 Å². The molecule has 1 aliphatic heterocycles. The molecule has 0 radical (unpaired) electrons. The Morgan fingerprint density at radius 2 is 1.95 bits per heavy atom.